The lowest BCUT2D eigenvalue weighted by atomic mass is 10.2. The number of halogens is 3. The molecule has 2 aromatic rings. The summed E-state index contributed by atoms with van der Waals surface area (Å²) in [6.07, 6.45) is 0. The average molecular weight is 359 g/mol. The lowest BCUT2D eigenvalue weighted by Crippen LogP contribution is -2.13. The smallest absolute Gasteiger partial charge is 0.255 e. The predicted octanol–water partition coefficient (Wildman–Crippen LogP) is 3.82. The Labute approximate surface area is 116 Å². The normalized spacial score (nSPS) is 10.2. The van der Waals surface area contributed by atoms with Crippen LogP contribution >= 0.6 is 22.6 Å². The summed E-state index contributed by atoms with van der Waals surface area (Å²) in [6, 6.07) is 10.4. The van der Waals surface area contributed by atoms with Crippen LogP contribution in [0.1, 0.15) is 10.4 Å². The molecule has 2 aromatic carbocycles. The minimum absolute atomic E-state index is 0.168. The Hall–Kier alpha value is -1.50. The third-order valence-electron chi connectivity index (χ3n) is 2.31. The standard InChI is InChI=1S/C13H8F2INO/c14-10-2-1-3-11(12(10)15)17-13(18)8-4-6-9(16)7-5-8/h1-7H,(H,17,18). The second-order valence-electron chi connectivity index (χ2n) is 3.56. The molecule has 0 fully saturated rings. The van der Waals surface area contributed by atoms with Gasteiger partial charge in [0.15, 0.2) is 11.6 Å². The maximum atomic E-state index is 13.4. The van der Waals surface area contributed by atoms with Crippen molar-refractivity contribution < 1.29 is 13.6 Å². The van der Waals surface area contributed by atoms with Gasteiger partial charge in [0.25, 0.3) is 5.91 Å². The molecule has 0 heterocycles. The van der Waals surface area contributed by atoms with Gasteiger partial charge in [-0.1, -0.05) is 6.07 Å². The Morgan fingerprint density at radius 1 is 1.06 bits per heavy atom. The summed E-state index contributed by atoms with van der Waals surface area (Å²) in [5.41, 5.74) is 0.220. The number of rotatable bonds is 2. The largest absolute Gasteiger partial charge is 0.319 e. The van der Waals surface area contributed by atoms with Gasteiger partial charge >= 0.3 is 0 Å². The van der Waals surface area contributed by atoms with E-state index in [1.165, 1.54) is 12.1 Å². The van der Waals surface area contributed by atoms with E-state index in [1.807, 2.05) is 0 Å². The molecule has 92 valence electrons. The van der Waals surface area contributed by atoms with Crippen LogP contribution in [0.25, 0.3) is 0 Å². The molecular weight excluding hydrogens is 351 g/mol. The van der Waals surface area contributed by atoms with Crippen LogP contribution in [0, 0.1) is 15.2 Å². The fraction of sp³-hybridized carbons (Fsp3) is 0. The number of hydrogen-bond donors (Lipinski definition) is 1. The number of benzene rings is 2. The number of hydrogen-bond acceptors (Lipinski definition) is 1. The van der Waals surface area contributed by atoms with Crippen LogP contribution in [0.5, 0.6) is 0 Å². The summed E-state index contributed by atoms with van der Waals surface area (Å²) in [4.78, 5) is 11.8. The molecule has 0 bridgehead atoms. The SMILES string of the molecule is O=C(Nc1cccc(F)c1F)c1ccc(I)cc1. The first-order chi connectivity index (χ1) is 8.58. The van der Waals surface area contributed by atoms with Crippen LogP contribution in [-0.2, 0) is 0 Å². The summed E-state index contributed by atoms with van der Waals surface area (Å²) in [5, 5.41) is 2.33. The van der Waals surface area contributed by atoms with Gasteiger partial charge < -0.3 is 5.32 Å². The molecule has 0 aliphatic carbocycles. The van der Waals surface area contributed by atoms with E-state index in [1.54, 1.807) is 24.3 Å². The zero-order chi connectivity index (χ0) is 13.1. The number of anilines is 1. The van der Waals surface area contributed by atoms with Crippen molar-refractivity contribution in [1.82, 2.24) is 0 Å². The monoisotopic (exact) mass is 359 g/mol. The molecule has 0 radical (unpaired) electrons. The summed E-state index contributed by atoms with van der Waals surface area (Å²) in [6.45, 7) is 0. The summed E-state index contributed by atoms with van der Waals surface area (Å²) < 4.78 is 27.3. The van der Waals surface area contributed by atoms with E-state index >= 15 is 0 Å². The van der Waals surface area contributed by atoms with Gasteiger partial charge in [-0.15, -0.1) is 0 Å². The summed E-state index contributed by atoms with van der Waals surface area (Å²) in [5.74, 6) is -2.53. The summed E-state index contributed by atoms with van der Waals surface area (Å²) in [7, 11) is 0. The molecule has 0 saturated carbocycles. The van der Waals surface area contributed by atoms with E-state index in [0.717, 1.165) is 9.64 Å². The molecule has 2 nitrogen and oxygen atoms in total. The molecule has 1 amide bonds. The van der Waals surface area contributed by atoms with Gasteiger partial charge in [0.2, 0.25) is 0 Å². The molecular formula is C13H8F2INO. The van der Waals surface area contributed by atoms with Crippen molar-refractivity contribution in [3.8, 4) is 0 Å². The maximum Gasteiger partial charge on any atom is 0.255 e. The van der Waals surface area contributed by atoms with Crippen LogP contribution in [0.2, 0.25) is 0 Å². The second kappa shape index (κ2) is 5.43. The van der Waals surface area contributed by atoms with Crippen LogP contribution in [0.15, 0.2) is 42.5 Å². The fourth-order valence-electron chi connectivity index (χ4n) is 1.40. The Morgan fingerprint density at radius 3 is 2.39 bits per heavy atom. The Bertz CT molecular complexity index is 584. The van der Waals surface area contributed by atoms with E-state index in [0.29, 0.717) is 5.56 Å². The molecule has 0 saturated heterocycles. The minimum Gasteiger partial charge on any atom is -0.319 e. The minimum atomic E-state index is -1.06. The van der Waals surface area contributed by atoms with Gasteiger partial charge in [-0.2, -0.15) is 0 Å². The zero-order valence-corrected chi connectivity index (χ0v) is 11.2. The predicted molar refractivity (Wildman–Crippen MR) is 73.5 cm³/mol. The van der Waals surface area contributed by atoms with E-state index in [4.69, 9.17) is 0 Å². The highest BCUT2D eigenvalue weighted by Crippen LogP contribution is 2.17. The summed E-state index contributed by atoms with van der Waals surface area (Å²) >= 11 is 2.11. The molecule has 5 heteroatoms. The molecule has 0 atom stereocenters. The van der Waals surface area contributed by atoms with Crippen molar-refractivity contribution in [1.29, 1.82) is 0 Å². The molecule has 1 N–H and O–H groups in total. The Morgan fingerprint density at radius 2 is 1.72 bits per heavy atom. The van der Waals surface area contributed by atoms with Gasteiger partial charge in [0.05, 0.1) is 5.69 Å². The highest BCUT2D eigenvalue weighted by atomic mass is 127. The zero-order valence-electron chi connectivity index (χ0n) is 9.08. The van der Waals surface area contributed by atoms with E-state index < -0.39 is 17.5 Å². The lowest BCUT2D eigenvalue weighted by Gasteiger charge is -2.06. The highest BCUT2D eigenvalue weighted by Gasteiger charge is 2.11. The van der Waals surface area contributed by atoms with Crippen molar-refractivity contribution in [2.24, 2.45) is 0 Å². The third kappa shape index (κ3) is 2.84. The first kappa shape index (κ1) is 12.9. The number of nitrogens with one attached hydrogen (secondary N) is 1. The molecule has 0 spiro atoms. The van der Waals surface area contributed by atoms with Crippen LogP contribution in [-0.4, -0.2) is 5.91 Å². The van der Waals surface area contributed by atoms with E-state index in [-0.39, 0.29) is 5.69 Å². The topological polar surface area (TPSA) is 29.1 Å². The number of amides is 1. The first-order valence-electron chi connectivity index (χ1n) is 5.09. The third-order valence-corrected chi connectivity index (χ3v) is 3.03. The maximum absolute atomic E-state index is 13.4. The Kier molecular flexibility index (Phi) is 3.90. The van der Waals surface area contributed by atoms with Crippen LogP contribution in [0.4, 0.5) is 14.5 Å². The quantitative estimate of drug-likeness (QED) is 0.812. The van der Waals surface area contributed by atoms with Crippen molar-refractivity contribution in [2.75, 3.05) is 5.32 Å². The van der Waals surface area contributed by atoms with Crippen LogP contribution in [0.3, 0.4) is 0 Å². The van der Waals surface area contributed by atoms with Gasteiger partial charge in [0, 0.05) is 9.13 Å². The lowest BCUT2D eigenvalue weighted by molar-refractivity contribution is 0.102. The second-order valence-corrected chi connectivity index (χ2v) is 4.81. The molecule has 2 rings (SSSR count). The molecule has 0 aliphatic heterocycles. The van der Waals surface area contributed by atoms with Gasteiger partial charge in [-0.3, -0.25) is 4.79 Å². The first-order valence-corrected chi connectivity index (χ1v) is 6.17. The van der Waals surface area contributed by atoms with Crippen molar-refractivity contribution in [3.05, 3.63) is 63.2 Å². The molecule has 0 aromatic heterocycles. The van der Waals surface area contributed by atoms with Crippen molar-refractivity contribution >= 4 is 34.2 Å². The average Bonchev–Trinajstić information content (AvgIpc) is 2.36. The number of carbonyl (C=O) groups is 1. The molecule has 18 heavy (non-hydrogen) atoms. The van der Waals surface area contributed by atoms with Crippen molar-refractivity contribution in [2.45, 2.75) is 0 Å². The molecule has 0 unspecified atom stereocenters. The van der Waals surface area contributed by atoms with Crippen LogP contribution < -0.4 is 5.32 Å². The van der Waals surface area contributed by atoms with E-state index in [2.05, 4.69) is 27.9 Å². The van der Waals surface area contributed by atoms with Crippen molar-refractivity contribution in [3.63, 3.8) is 0 Å². The number of carbonyl (C=O) groups excluding carboxylic acids is 1. The van der Waals surface area contributed by atoms with Gasteiger partial charge in [0.1, 0.15) is 0 Å². The fourth-order valence-corrected chi connectivity index (χ4v) is 1.76. The Balaban J connectivity index is 2.21. The van der Waals surface area contributed by atoms with Gasteiger partial charge in [-0.25, -0.2) is 8.78 Å². The van der Waals surface area contributed by atoms with Gasteiger partial charge in [-0.05, 0) is 59.0 Å². The highest BCUT2D eigenvalue weighted by molar-refractivity contribution is 14.1. The molecule has 0 aliphatic rings. The van der Waals surface area contributed by atoms with E-state index in [9.17, 15) is 13.6 Å².